The van der Waals surface area contributed by atoms with Crippen LogP contribution < -0.4 is 10.6 Å². The fraction of sp³-hybridized carbons (Fsp3) is 0.278. The minimum atomic E-state index is -0.415. The Bertz CT molecular complexity index is 736. The van der Waals surface area contributed by atoms with Crippen molar-refractivity contribution in [2.24, 2.45) is 4.99 Å². The molecule has 0 heterocycles. The lowest BCUT2D eigenvalue weighted by Gasteiger charge is -2.11. The SMILES string of the molecule is CN=C(NCCCSc1ccc(F)cc1)NCc1ccc([N+](=O)[O-])cc1. The number of nitro benzene ring substituents is 1. The molecule has 0 bridgehead atoms. The van der Waals surface area contributed by atoms with Gasteiger partial charge in [0.1, 0.15) is 5.82 Å². The third kappa shape index (κ3) is 6.72. The largest absolute Gasteiger partial charge is 0.356 e. The predicted octanol–water partition coefficient (Wildman–Crippen LogP) is 3.58. The first kappa shape index (κ1) is 19.7. The minimum absolute atomic E-state index is 0.0786. The number of rotatable bonds is 8. The highest BCUT2D eigenvalue weighted by atomic mass is 32.2. The van der Waals surface area contributed by atoms with Crippen molar-refractivity contribution < 1.29 is 9.31 Å². The van der Waals surface area contributed by atoms with Crippen molar-refractivity contribution in [1.29, 1.82) is 0 Å². The Hall–Kier alpha value is -2.61. The molecule has 0 radical (unpaired) electrons. The van der Waals surface area contributed by atoms with E-state index in [0.29, 0.717) is 12.5 Å². The number of thioether (sulfide) groups is 1. The van der Waals surface area contributed by atoms with E-state index in [1.165, 1.54) is 24.3 Å². The van der Waals surface area contributed by atoms with E-state index in [0.717, 1.165) is 29.2 Å². The molecule has 2 aromatic carbocycles. The molecule has 0 unspecified atom stereocenters. The fourth-order valence-corrected chi connectivity index (χ4v) is 2.99. The van der Waals surface area contributed by atoms with Gasteiger partial charge in [-0.3, -0.25) is 15.1 Å². The van der Waals surface area contributed by atoms with Gasteiger partial charge in [0.2, 0.25) is 0 Å². The van der Waals surface area contributed by atoms with Gasteiger partial charge in [-0.15, -0.1) is 11.8 Å². The van der Waals surface area contributed by atoms with Crippen LogP contribution in [0.15, 0.2) is 58.4 Å². The monoisotopic (exact) mass is 376 g/mol. The molecule has 8 heteroatoms. The standard InChI is InChI=1S/C18H21FN4O2S/c1-20-18(22-13-14-3-7-16(8-4-14)23(24)25)21-11-2-12-26-17-9-5-15(19)6-10-17/h3-10H,2,11-13H2,1H3,(H2,20,21,22). The number of nitrogens with one attached hydrogen (secondary N) is 2. The molecule has 0 atom stereocenters. The normalized spacial score (nSPS) is 11.2. The number of nitro groups is 1. The van der Waals surface area contributed by atoms with Crippen molar-refractivity contribution in [1.82, 2.24) is 10.6 Å². The van der Waals surface area contributed by atoms with Gasteiger partial charge in [0.25, 0.3) is 5.69 Å². The van der Waals surface area contributed by atoms with Gasteiger partial charge in [0.05, 0.1) is 4.92 Å². The second kappa shape index (κ2) is 10.4. The van der Waals surface area contributed by atoms with E-state index in [9.17, 15) is 14.5 Å². The maximum Gasteiger partial charge on any atom is 0.269 e. The first-order valence-electron chi connectivity index (χ1n) is 8.14. The quantitative estimate of drug-likeness (QED) is 0.184. The number of hydrogen-bond acceptors (Lipinski definition) is 4. The molecule has 0 amide bonds. The first-order chi connectivity index (χ1) is 12.6. The van der Waals surface area contributed by atoms with Crippen molar-refractivity contribution in [3.05, 3.63) is 70.0 Å². The lowest BCUT2D eigenvalue weighted by Crippen LogP contribution is -2.37. The molecule has 138 valence electrons. The average molecular weight is 376 g/mol. The van der Waals surface area contributed by atoms with Crippen LogP contribution >= 0.6 is 11.8 Å². The fourth-order valence-electron chi connectivity index (χ4n) is 2.14. The Labute approximate surface area is 156 Å². The van der Waals surface area contributed by atoms with Crippen LogP contribution in [0.2, 0.25) is 0 Å². The second-order valence-electron chi connectivity index (χ2n) is 5.43. The summed E-state index contributed by atoms with van der Waals surface area (Å²) in [4.78, 5) is 15.4. The van der Waals surface area contributed by atoms with Gasteiger partial charge in [-0.05, 0) is 42.0 Å². The highest BCUT2D eigenvalue weighted by Crippen LogP contribution is 2.18. The highest BCUT2D eigenvalue weighted by molar-refractivity contribution is 7.99. The zero-order valence-corrected chi connectivity index (χ0v) is 15.3. The summed E-state index contributed by atoms with van der Waals surface area (Å²) in [6.07, 6.45) is 0.931. The Balaban J connectivity index is 1.65. The van der Waals surface area contributed by atoms with E-state index in [4.69, 9.17) is 0 Å². The maximum atomic E-state index is 12.8. The number of non-ortho nitro benzene ring substituents is 1. The predicted molar refractivity (Wildman–Crippen MR) is 103 cm³/mol. The van der Waals surface area contributed by atoms with Crippen molar-refractivity contribution >= 4 is 23.4 Å². The van der Waals surface area contributed by atoms with Crippen LogP contribution in [0.25, 0.3) is 0 Å². The number of aliphatic imine (C=N–C) groups is 1. The molecule has 26 heavy (non-hydrogen) atoms. The number of benzene rings is 2. The van der Waals surface area contributed by atoms with Crippen molar-refractivity contribution in [2.45, 2.75) is 17.9 Å². The van der Waals surface area contributed by atoms with Gasteiger partial charge in [0.15, 0.2) is 5.96 Å². The Morgan fingerprint density at radius 3 is 2.46 bits per heavy atom. The van der Waals surface area contributed by atoms with Crippen LogP contribution in [0.4, 0.5) is 10.1 Å². The molecule has 0 aliphatic carbocycles. The third-order valence-electron chi connectivity index (χ3n) is 3.53. The van der Waals surface area contributed by atoms with Crippen molar-refractivity contribution in [3.8, 4) is 0 Å². The molecular weight excluding hydrogens is 355 g/mol. The third-order valence-corrected chi connectivity index (χ3v) is 4.62. The summed E-state index contributed by atoms with van der Waals surface area (Å²) in [5.74, 6) is 1.37. The average Bonchev–Trinajstić information content (AvgIpc) is 2.65. The van der Waals surface area contributed by atoms with Gasteiger partial charge in [0, 0.05) is 37.2 Å². The zero-order valence-electron chi connectivity index (χ0n) is 14.4. The molecule has 0 saturated heterocycles. The van der Waals surface area contributed by atoms with Gasteiger partial charge in [-0.25, -0.2) is 4.39 Å². The summed E-state index contributed by atoms with van der Waals surface area (Å²) in [5.41, 5.74) is 1.01. The zero-order chi connectivity index (χ0) is 18.8. The first-order valence-corrected chi connectivity index (χ1v) is 9.13. The molecule has 6 nitrogen and oxygen atoms in total. The molecule has 2 N–H and O–H groups in total. The highest BCUT2D eigenvalue weighted by Gasteiger charge is 2.04. The lowest BCUT2D eigenvalue weighted by molar-refractivity contribution is -0.384. The second-order valence-corrected chi connectivity index (χ2v) is 6.60. The van der Waals surface area contributed by atoms with E-state index in [2.05, 4.69) is 15.6 Å². The smallest absolute Gasteiger partial charge is 0.269 e. The van der Waals surface area contributed by atoms with E-state index in [1.807, 2.05) is 0 Å². The summed E-state index contributed by atoms with van der Waals surface area (Å²) >= 11 is 1.68. The van der Waals surface area contributed by atoms with Gasteiger partial charge in [-0.2, -0.15) is 0 Å². The van der Waals surface area contributed by atoms with Gasteiger partial charge < -0.3 is 10.6 Å². The van der Waals surface area contributed by atoms with Gasteiger partial charge >= 0.3 is 0 Å². The topological polar surface area (TPSA) is 79.6 Å². The van der Waals surface area contributed by atoms with Crippen LogP contribution in [0.1, 0.15) is 12.0 Å². The van der Waals surface area contributed by atoms with Crippen LogP contribution in [-0.2, 0) is 6.54 Å². The summed E-state index contributed by atoms with van der Waals surface area (Å²) in [6.45, 7) is 1.29. The summed E-state index contributed by atoms with van der Waals surface area (Å²) in [6, 6.07) is 12.9. The lowest BCUT2D eigenvalue weighted by atomic mass is 10.2. The van der Waals surface area contributed by atoms with Crippen LogP contribution in [0, 0.1) is 15.9 Å². The van der Waals surface area contributed by atoms with E-state index < -0.39 is 4.92 Å². The molecule has 0 spiro atoms. The number of halogens is 1. The molecule has 2 rings (SSSR count). The molecule has 2 aromatic rings. The summed E-state index contributed by atoms with van der Waals surface area (Å²) < 4.78 is 12.8. The van der Waals surface area contributed by atoms with E-state index in [1.54, 1.807) is 43.1 Å². The molecular formula is C18H21FN4O2S. The summed E-state index contributed by atoms with van der Waals surface area (Å²) in [5, 5.41) is 17.0. The number of guanidine groups is 1. The van der Waals surface area contributed by atoms with Crippen molar-refractivity contribution in [3.63, 3.8) is 0 Å². The number of hydrogen-bond donors (Lipinski definition) is 2. The van der Waals surface area contributed by atoms with Gasteiger partial charge in [-0.1, -0.05) is 12.1 Å². The van der Waals surface area contributed by atoms with Crippen LogP contribution in [0.5, 0.6) is 0 Å². The number of nitrogens with zero attached hydrogens (tertiary/aromatic N) is 2. The summed E-state index contributed by atoms with van der Waals surface area (Å²) in [7, 11) is 1.69. The van der Waals surface area contributed by atoms with Crippen molar-refractivity contribution in [2.75, 3.05) is 19.3 Å². The molecule has 0 aliphatic heterocycles. The molecule has 0 saturated carbocycles. The molecule has 0 aliphatic rings. The van der Waals surface area contributed by atoms with Crippen LogP contribution in [-0.4, -0.2) is 30.2 Å². The van der Waals surface area contributed by atoms with E-state index >= 15 is 0 Å². The van der Waals surface area contributed by atoms with Crippen LogP contribution in [0.3, 0.4) is 0 Å². The van der Waals surface area contributed by atoms with E-state index in [-0.39, 0.29) is 11.5 Å². The Morgan fingerprint density at radius 1 is 1.15 bits per heavy atom. The maximum absolute atomic E-state index is 12.8. The minimum Gasteiger partial charge on any atom is -0.356 e. The Kier molecular flexibility index (Phi) is 7.88. The molecule has 0 aromatic heterocycles. The molecule has 0 fully saturated rings. The Morgan fingerprint density at radius 2 is 1.85 bits per heavy atom.